The zero-order valence-electron chi connectivity index (χ0n) is 17.1. The molecule has 3 heterocycles. The third-order valence-electron chi connectivity index (χ3n) is 5.05. The highest BCUT2D eigenvalue weighted by molar-refractivity contribution is 7.22. The van der Waals surface area contributed by atoms with Crippen LogP contribution in [-0.2, 0) is 17.9 Å². The van der Waals surface area contributed by atoms with E-state index in [1.54, 1.807) is 48.7 Å². The normalized spacial score (nSPS) is 11.2. The van der Waals surface area contributed by atoms with Gasteiger partial charge in [-0.25, -0.2) is 9.78 Å². The molecule has 0 saturated carbocycles. The summed E-state index contributed by atoms with van der Waals surface area (Å²) < 4.78 is 12.9. The van der Waals surface area contributed by atoms with Gasteiger partial charge in [-0.1, -0.05) is 35.6 Å². The highest BCUT2D eigenvalue weighted by Gasteiger charge is 2.23. The number of methoxy groups -OCH3 is 1. The largest absolute Gasteiger partial charge is 0.494 e. The molecule has 0 N–H and O–H groups in total. The van der Waals surface area contributed by atoms with Crippen molar-refractivity contribution in [3.8, 4) is 5.75 Å². The number of carbonyl (C=O) groups is 1. The Balaban J connectivity index is 1.56. The lowest BCUT2D eigenvalue weighted by molar-refractivity contribution is -0.119. The summed E-state index contributed by atoms with van der Waals surface area (Å²) in [5.41, 5.74) is 2.54. The molecule has 0 bridgehead atoms. The molecule has 0 aliphatic carbocycles. The third-order valence-corrected chi connectivity index (χ3v) is 6.10. The minimum absolute atomic E-state index is 0.177. The van der Waals surface area contributed by atoms with Gasteiger partial charge in [-0.3, -0.25) is 19.2 Å². The lowest BCUT2D eigenvalue weighted by Crippen LogP contribution is -2.35. The molecular weight excluding hydrogens is 428 g/mol. The lowest BCUT2D eigenvalue weighted by Gasteiger charge is -2.20. The standard InChI is InChI=1S/C23H18N4O4S/c1-30-18-9-4-10-19-21(18)25-22(32-19)27(13-15-6-5-11-24-12-15)20(28)14-26-16-7-2-3-8-17(16)31-23(26)29/h2-12H,13-14H2,1H3. The molecule has 2 aromatic carbocycles. The van der Waals surface area contributed by atoms with Crippen LogP contribution in [0.5, 0.6) is 5.75 Å². The molecule has 160 valence electrons. The number of nitrogens with zero attached hydrogens (tertiary/aromatic N) is 4. The molecule has 0 saturated heterocycles. The predicted molar refractivity (Wildman–Crippen MR) is 122 cm³/mol. The summed E-state index contributed by atoms with van der Waals surface area (Å²) in [5, 5.41) is 0.513. The second kappa shape index (κ2) is 8.27. The average molecular weight is 446 g/mol. The monoisotopic (exact) mass is 446 g/mol. The Labute approximate surface area is 186 Å². The van der Waals surface area contributed by atoms with Crippen LogP contribution in [0.1, 0.15) is 5.56 Å². The maximum absolute atomic E-state index is 13.5. The lowest BCUT2D eigenvalue weighted by atomic mass is 10.2. The number of para-hydroxylation sites is 3. The molecule has 32 heavy (non-hydrogen) atoms. The number of anilines is 1. The molecule has 5 aromatic rings. The van der Waals surface area contributed by atoms with Crippen molar-refractivity contribution in [2.75, 3.05) is 12.0 Å². The second-order valence-corrected chi connectivity index (χ2v) is 8.08. The van der Waals surface area contributed by atoms with Crippen LogP contribution >= 0.6 is 11.3 Å². The first kappa shape index (κ1) is 20.0. The van der Waals surface area contributed by atoms with Crippen molar-refractivity contribution in [1.29, 1.82) is 0 Å². The van der Waals surface area contributed by atoms with Gasteiger partial charge in [-0.15, -0.1) is 0 Å². The Morgan fingerprint density at radius 1 is 1.16 bits per heavy atom. The van der Waals surface area contributed by atoms with Crippen LogP contribution in [0.25, 0.3) is 21.3 Å². The smallest absolute Gasteiger partial charge is 0.420 e. The van der Waals surface area contributed by atoms with E-state index in [9.17, 15) is 9.59 Å². The van der Waals surface area contributed by atoms with Crippen molar-refractivity contribution in [1.82, 2.24) is 14.5 Å². The summed E-state index contributed by atoms with van der Waals surface area (Å²) in [6.07, 6.45) is 3.38. The molecule has 0 aliphatic heterocycles. The van der Waals surface area contributed by atoms with Crippen LogP contribution in [-0.4, -0.2) is 27.6 Å². The quantitative estimate of drug-likeness (QED) is 0.394. The predicted octanol–water partition coefficient (Wildman–Crippen LogP) is 3.84. The van der Waals surface area contributed by atoms with Gasteiger partial charge in [0.15, 0.2) is 10.7 Å². The number of oxazole rings is 1. The molecule has 0 spiro atoms. The highest BCUT2D eigenvalue weighted by Crippen LogP contribution is 2.34. The molecule has 0 aliphatic rings. The number of hydrogen-bond acceptors (Lipinski definition) is 7. The maximum Gasteiger partial charge on any atom is 0.420 e. The second-order valence-electron chi connectivity index (χ2n) is 7.07. The van der Waals surface area contributed by atoms with Crippen molar-refractivity contribution in [3.63, 3.8) is 0 Å². The molecule has 0 radical (unpaired) electrons. The SMILES string of the molecule is COc1cccc2sc(N(Cc3cccnc3)C(=O)Cn3c(=O)oc4ccccc43)nc12. The first-order valence-electron chi connectivity index (χ1n) is 9.85. The summed E-state index contributed by atoms with van der Waals surface area (Å²) in [6.45, 7) is 0.0858. The van der Waals surface area contributed by atoms with Gasteiger partial charge in [-0.2, -0.15) is 0 Å². The Morgan fingerprint density at radius 2 is 2.03 bits per heavy atom. The van der Waals surface area contributed by atoms with Gasteiger partial charge in [0.2, 0.25) is 5.91 Å². The molecule has 5 rings (SSSR count). The number of hydrogen-bond donors (Lipinski definition) is 0. The van der Waals surface area contributed by atoms with Crippen molar-refractivity contribution < 1.29 is 13.9 Å². The first-order chi connectivity index (χ1) is 15.6. The number of pyridine rings is 1. The van der Waals surface area contributed by atoms with Crippen LogP contribution in [0.15, 0.2) is 76.2 Å². The highest BCUT2D eigenvalue weighted by atomic mass is 32.1. The summed E-state index contributed by atoms with van der Waals surface area (Å²) >= 11 is 1.39. The first-order valence-corrected chi connectivity index (χ1v) is 10.7. The average Bonchev–Trinajstić information content (AvgIpc) is 3.39. The maximum atomic E-state index is 13.5. The Bertz CT molecular complexity index is 1470. The number of thiazole rings is 1. The Hall–Kier alpha value is -3.98. The molecule has 0 fully saturated rings. The van der Waals surface area contributed by atoms with E-state index in [1.807, 2.05) is 30.3 Å². The van der Waals surface area contributed by atoms with E-state index in [2.05, 4.69) is 9.97 Å². The van der Waals surface area contributed by atoms with Gasteiger partial charge in [0.1, 0.15) is 17.8 Å². The van der Waals surface area contributed by atoms with E-state index in [0.717, 1.165) is 10.3 Å². The minimum Gasteiger partial charge on any atom is -0.494 e. The summed E-state index contributed by atoms with van der Waals surface area (Å²) in [5.74, 6) is -0.233. The number of ether oxygens (including phenoxy) is 1. The fourth-order valence-corrected chi connectivity index (χ4v) is 4.51. The molecule has 8 nitrogen and oxygen atoms in total. The third kappa shape index (κ3) is 3.63. The number of aromatic nitrogens is 3. The summed E-state index contributed by atoms with van der Waals surface area (Å²) in [4.78, 5) is 36.3. The molecule has 1 amide bonds. The van der Waals surface area contributed by atoms with E-state index in [-0.39, 0.29) is 19.0 Å². The minimum atomic E-state index is -0.577. The van der Waals surface area contributed by atoms with Gasteiger partial charge in [0.05, 0.1) is 23.9 Å². The fourth-order valence-electron chi connectivity index (χ4n) is 3.51. The summed E-state index contributed by atoms with van der Waals surface area (Å²) in [7, 11) is 1.59. The molecular formula is C23H18N4O4S. The Kier molecular flexibility index (Phi) is 5.16. The van der Waals surface area contributed by atoms with Gasteiger partial charge in [0.25, 0.3) is 0 Å². The van der Waals surface area contributed by atoms with Gasteiger partial charge in [-0.05, 0) is 35.9 Å². The molecule has 0 atom stereocenters. The molecule has 0 unspecified atom stereocenters. The zero-order valence-corrected chi connectivity index (χ0v) is 17.9. The van der Waals surface area contributed by atoms with Gasteiger partial charge in [0, 0.05) is 12.4 Å². The van der Waals surface area contributed by atoms with Crippen LogP contribution in [0, 0.1) is 0 Å². The van der Waals surface area contributed by atoms with Gasteiger partial charge < -0.3 is 9.15 Å². The van der Waals surface area contributed by atoms with E-state index in [1.165, 1.54) is 15.9 Å². The van der Waals surface area contributed by atoms with Gasteiger partial charge >= 0.3 is 5.76 Å². The van der Waals surface area contributed by atoms with E-state index in [4.69, 9.17) is 9.15 Å². The number of amides is 1. The Morgan fingerprint density at radius 3 is 2.84 bits per heavy atom. The number of carbonyl (C=O) groups excluding carboxylic acids is 1. The van der Waals surface area contributed by atoms with Crippen LogP contribution in [0.4, 0.5) is 5.13 Å². The van der Waals surface area contributed by atoms with Crippen LogP contribution in [0.2, 0.25) is 0 Å². The summed E-state index contributed by atoms with van der Waals surface area (Å²) in [6, 6.07) is 16.4. The van der Waals surface area contributed by atoms with E-state index < -0.39 is 5.76 Å². The van der Waals surface area contributed by atoms with Crippen LogP contribution < -0.4 is 15.4 Å². The van der Waals surface area contributed by atoms with Crippen molar-refractivity contribution >= 4 is 43.7 Å². The van der Waals surface area contributed by atoms with Crippen LogP contribution in [0.3, 0.4) is 0 Å². The fraction of sp³-hybridized carbons (Fsp3) is 0.130. The van der Waals surface area contributed by atoms with E-state index in [0.29, 0.717) is 27.5 Å². The van der Waals surface area contributed by atoms with Crippen molar-refractivity contribution in [2.45, 2.75) is 13.1 Å². The molecule has 9 heteroatoms. The zero-order chi connectivity index (χ0) is 22.1. The van der Waals surface area contributed by atoms with E-state index >= 15 is 0 Å². The van der Waals surface area contributed by atoms with Crippen molar-refractivity contribution in [3.05, 3.63) is 83.1 Å². The number of rotatable bonds is 6. The molecule has 3 aromatic heterocycles. The van der Waals surface area contributed by atoms with Crippen molar-refractivity contribution in [2.24, 2.45) is 0 Å². The number of benzene rings is 2. The number of fused-ring (bicyclic) bond motifs is 2. The topological polar surface area (TPSA) is 90.5 Å².